The summed E-state index contributed by atoms with van der Waals surface area (Å²) in [5.41, 5.74) is -0.412. The van der Waals surface area contributed by atoms with Gasteiger partial charge in [0, 0.05) is 12.1 Å². The number of hydrogen-bond donors (Lipinski definition) is 2. The molecular weight excluding hydrogens is 240 g/mol. The molecule has 4 heteroatoms. The molecule has 2 aliphatic rings. The first-order chi connectivity index (χ1) is 8.92. The van der Waals surface area contributed by atoms with Gasteiger partial charge in [0.2, 0.25) is 0 Å². The van der Waals surface area contributed by atoms with Crippen molar-refractivity contribution in [3.63, 3.8) is 0 Å². The Morgan fingerprint density at radius 3 is 2.47 bits per heavy atom. The molecular formula is C15H28N2O2. The molecule has 19 heavy (non-hydrogen) atoms. The average molecular weight is 268 g/mol. The molecule has 0 radical (unpaired) electrons. The van der Waals surface area contributed by atoms with Crippen molar-refractivity contribution >= 4 is 6.09 Å². The van der Waals surface area contributed by atoms with Gasteiger partial charge in [-0.25, -0.2) is 4.79 Å². The Morgan fingerprint density at radius 2 is 1.84 bits per heavy atom. The third kappa shape index (κ3) is 5.81. The minimum atomic E-state index is -0.412. The average Bonchev–Trinajstić information content (AvgIpc) is 2.97. The second-order valence-electron chi connectivity index (χ2n) is 7.04. The van der Waals surface area contributed by atoms with Gasteiger partial charge in [0.05, 0.1) is 0 Å². The first kappa shape index (κ1) is 14.6. The van der Waals surface area contributed by atoms with Gasteiger partial charge in [0.1, 0.15) is 5.60 Å². The zero-order valence-corrected chi connectivity index (χ0v) is 12.5. The lowest BCUT2D eigenvalue weighted by molar-refractivity contribution is 0.0505. The lowest BCUT2D eigenvalue weighted by Crippen LogP contribution is -2.39. The third-order valence-electron chi connectivity index (χ3n) is 3.84. The van der Waals surface area contributed by atoms with E-state index < -0.39 is 5.60 Å². The van der Waals surface area contributed by atoms with Crippen molar-refractivity contribution in [1.82, 2.24) is 10.6 Å². The Bertz CT molecular complexity index is 308. The van der Waals surface area contributed by atoms with E-state index in [9.17, 15) is 4.79 Å². The van der Waals surface area contributed by atoms with Crippen molar-refractivity contribution < 1.29 is 9.53 Å². The molecule has 0 heterocycles. The Hall–Kier alpha value is -0.770. The molecule has 0 aliphatic heterocycles. The summed E-state index contributed by atoms with van der Waals surface area (Å²) in [6.07, 6.45) is 7.14. The van der Waals surface area contributed by atoms with Crippen LogP contribution in [0.4, 0.5) is 4.79 Å². The number of ether oxygens (including phenoxy) is 1. The standard InChI is InChI=1S/C15H28N2O2/c1-15(2,3)19-14(18)17-13-7-6-12(10-13)16-9-8-11-4-5-11/h11-13,16H,4-10H2,1-3H3,(H,17,18). The Morgan fingerprint density at radius 1 is 1.16 bits per heavy atom. The maximum absolute atomic E-state index is 11.7. The molecule has 0 aromatic rings. The predicted molar refractivity (Wildman–Crippen MR) is 76.1 cm³/mol. The molecule has 2 unspecified atom stereocenters. The molecule has 4 nitrogen and oxygen atoms in total. The van der Waals surface area contributed by atoms with Gasteiger partial charge in [-0.15, -0.1) is 0 Å². The van der Waals surface area contributed by atoms with Gasteiger partial charge in [-0.05, 0) is 58.9 Å². The monoisotopic (exact) mass is 268 g/mol. The van der Waals surface area contributed by atoms with Crippen LogP contribution in [0.5, 0.6) is 0 Å². The van der Waals surface area contributed by atoms with Gasteiger partial charge in [-0.1, -0.05) is 12.8 Å². The number of hydrogen-bond acceptors (Lipinski definition) is 3. The van der Waals surface area contributed by atoms with Crippen molar-refractivity contribution in [2.45, 2.75) is 77.0 Å². The molecule has 110 valence electrons. The van der Waals surface area contributed by atoms with E-state index in [0.29, 0.717) is 6.04 Å². The Kier molecular flexibility index (Phi) is 4.71. The summed E-state index contributed by atoms with van der Waals surface area (Å²) in [6, 6.07) is 0.840. The number of carbonyl (C=O) groups excluding carboxylic acids is 1. The van der Waals surface area contributed by atoms with Gasteiger partial charge >= 0.3 is 6.09 Å². The molecule has 2 fully saturated rings. The van der Waals surface area contributed by atoms with E-state index in [-0.39, 0.29) is 12.1 Å². The van der Waals surface area contributed by atoms with Gasteiger partial charge in [-0.2, -0.15) is 0 Å². The maximum Gasteiger partial charge on any atom is 0.407 e. The molecule has 2 rings (SSSR count). The number of alkyl carbamates (subject to hydrolysis) is 1. The van der Waals surface area contributed by atoms with Crippen molar-refractivity contribution in [3.05, 3.63) is 0 Å². The molecule has 2 N–H and O–H groups in total. The highest BCUT2D eigenvalue weighted by molar-refractivity contribution is 5.68. The van der Waals surface area contributed by atoms with Crippen LogP contribution in [-0.4, -0.2) is 30.3 Å². The second-order valence-corrected chi connectivity index (χ2v) is 7.04. The van der Waals surface area contributed by atoms with Crippen molar-refractivity contribution in [2.75, 3.05) is 6.54 Å². The van der Waals surface area contributed by atoms with E-state index in [1.807, 2.05) is 20.8 Å². The zero-order chi connectivity index (χ0) is 13.9. The summed E-state index contributed by atoms with van der Waals surface area (Å²) < 4.78 is 5.29. The van der Waals surface area contributed by atoms with E-state index in [2.05, 4.69) is 10.6 Å². The lowest BCUT2D eigenvalue weighted by atomic mass is 10.2. The Balaban J connectivity index is 1.59. The fourth-order valence-corrected chi connectivity index (χ4v) is 2.67. The van der Waals surface area contributed by atoms with Gasteiger partial charge < -0.3 is 15.4 Å². The van der Waals surface area contributed by atoms with E-state index in [0.717, 1.165) is 31.7 Å². The van der Waals surface area contributed by atoms with Crippen LogP contribution in [0.2, 0.25) is 0 Å². The van der Waals surface area contributed by atoms with E-state index in [1.165, 1.54) is 19.3 Å². The number of amides is 1. The lowest BCUT2D eigenvalue weighted by Gasteiger charge is -2.21. The molecule has 0 spiro atoms. The van der Waals surface area contributed by atoms with Crippen LogP contribution in [0.1, 0.15) is 59.3 Å². The van der Waals surface area contributed by atoms with Crippen LogP contribution in [0.25, 0.3) is 0 Å². The van der Waals surface area contributed by atoms with Crippen LogP contribution in [0, 0.1) is 5.92 Å². The molecule has 0 bridgehead atoms. The summed E-state index contributed by atoms with van der Waals surface area (Å²) in [4.78, 5) is 11.7. The second kappa shape index (κ2) is 6.12. The fraction of sp³-hybridized carbons (Fsp3) is 0.933. The number of nitrogens with one attached hydrogen (secondary N) is 2. The van der Waals surface area contributed by atoms with E-state index in [4.69, 9.17) is 4.74 Å². The van der Waals surface area contributed by atoms with Gasteiger partial charge in [0.15, 0.2) is 0 Å². The summed E-state index contributed by atoms with van der Waals surface area (Å²) in [5, 5.41) is 6.59. The smallest absolute Gasteiger partial charge is 0.407 e. The molecule has 0 saturated heterocycles. The molecule has 2 saturated carbocycles. The number of rotatable bonds is 5. The summed E-state index contributed by atoms with van der Waals surface area (Å²) >= 11 is 0. The zero-order valence-electron chi connectivity index (χ0n) is 12.5. The first-order valence-corrected chi connectivity index (χ1v) is 7.65. The summed E-state index contributed by atoms with van der Waals surface area (Å²) in [6.45, 7) is 6.81. The van der Waals surface area contributed by atoms with Crippen LogP contribution in [-0.2, 0) is 4.74 Å². The quantitative estimate of drug-likeness (QED) is 0.806. The van der Waals surface area contributed by atoms with Crippen LogP contribution in [0.15, 0.2) is 0 Å². The molecule has 2 atom stereocenters. The molecule has 0 aromatic heterocycles. The van der Waals surface area contributed by atoms with Crippen molar-refractivity contribution in [3.8, 4) is 0 Å². The molecule has 1 amide bonds. The van der Waals surface area contributed by atoms with E-state index >= 15 is 0 Å². The fourth-order valence-electron chi connectivity index (χ4n) is 2.67. The molecule has 0 aromatic carbocycles. The van der Waals surface area contributed by atoms with Gasteiger partial charge in [0.25, 0.3) is 0 Å². The van der Waals surface area contributed by atoms with E-state index in [1.54, 1.807) is 0 Å². The highest BCUT2D eigenvalue weighted by Crippen LogP contribution is 2.32. The Labute approximate surface area is 116 Å². The summed E-state index contributed by atoms with van der Waals surface area (Å²) in [5.74, 6) is 0.990. The highest BCUT2D eigenvalue weighted by Gasteiger charge is 2.28. The van der Waals surface area contributed by atoms with Crippen molar-refractivity contribution in [2.24, 2.45) is 5.92 Å². The minimum Gasteiger partial charge on any atom is -0.444 e. The summed E-state index contributed by atoms with van der Waals surface area (Å²) in [7, 11) is 0. The van der Waals surface area contributed by atoms with Crippen LogP contribution < -0.4 is 10.6 Å². The van der Waals surface area contributed by atoms with Crippen molar-refractivity contribution in [1.29, 1.82) is 0 Å². The topological polar surface area (TPSA) is 50.4 Å². The largest absolute Gasteiger partial charge is 0.444 e. The van der Waals surface area contributed by atoms with Crippen LogP contribution >= 0.6 is 0 Å². The first-order valence-electron chi connectivity index (χ1n) is 7.65. The minimum absolute atomic E-state index is 0.272. The molecule has 2 aliphatic carbocycles. The SMILES string of the molecule is CC(C)(C)OC(=O)NC1CCC(NCCC2CC2)C1. The normalized spacial score (nSPS) is 27.3. The number of carbonyl (C=O) groups is 1. The third-order valence-corrected chi connectivity index (χ3v) is 3.84. The van der Waals surface area contributed by atoms with Gasteiger partial charge in [-0.3, -0.25) is 0 Å². The van der Waals surface area contributed by atoms with Crippen LogP contribution in [0.3, 0.4) is 0 Å². The highest BCUT2D eigenvalue weighted by atomic mass is 16.6. The predicted octanol–water partition coefficient (Wildman–Crippen LogP) is 2.82. The maximum atomic E-state index is 11.7.